The molecule has 10 heteroatoms. The molecule has 27 heavy (non-hydrogen) atoms. The Morgan fingerprint density at radius 3 is 2.70 bits per heavy atom. The summed E-state index contributed by atoms with van der Waals surface area (Å²) in [6.45, 7) is 0.809. The number of methoxy groups -OCH3 is 1. The summed E-state index contributed by atoms with van der Waals surface area (Å²) in [5.74, 6) is 0.837. The Morgan fingerprint density at radius 2 is 2.00 bits per heavy atom. The van der Waals surface area contributed by atoms with Crippen LogP contribution in [0.1, 0.15) is 5.56 Å². The first-order valence-electron chi connectivity index (χ1n) is 7.86. The molecule has 2 aromatic carbocycles. The lowest BCUT2D eigenvalue weighted by molar-refractivity contribution is -0.115. The van der Waals surface area contributed by atoms with Gasteiger partial charge < -0.3 is 19.5 Å². The minimum absolute atomic E-state index is 0.0148. The van der Waals surface area contributed by atoms with Gasteiger partial charge in [-0.15, -0.1) is 0 Å². The van der Waals surface area contributed by atoms with E-state index in [9.17, 15) is 13.2 Å². The topological polar surface area (TPSA) is 117 Å². The number of carbonyl (C=O) groups is 1. The van der Waals surface area contributed by atoms with E-state index in [-0.39, 0.29) is 17.0 Å². The zero-order chi connectivity index (χ0) is 19.6. The molecule has 1 aliphatic rings. The molecule has 3 N–H and O–H groups in total. The number of carbonyl (C=O) groups excluding carboxylic acids is 1. The quantitative estimate of drug-likeness (QED) is 0.775. The van der Waals surface area contributed by atoms with E-state index in [1.807, 2.05) is 0 Å². The lowest BCUT2D eigenvalue weighted by Gasteiger charge is -2.20. The van der Waals surface area contributed by atoms with Crippen molar-refractivity contribution in [2.75, 3.05) is 25.6 Å². The van der Waals surface area contributed by atoms with Gasteiger partial charge in [0.1, 0.15) is 19.0 Å². The molecular formula is C17H17ClN2O6S. The Morgan fingerprint density at radius 1 is 1.26 bits per heavy atom. The fraction of sp³-hybridized carbons (Fsp3) is 0.235. The summed E-state index contributed by atoms with van der Waals surface area (Å²) in [5.41, 5.74) is 0.806. The molecule has 8 nitrogen and oxygen atoms in total. The average Bonchev–Trinajstić information content (AvgIpc) is 2.61. The van der Waals surface area contributed by atoms with E-state index in [1.54, 1.807) is 12.1 Å². The van der Waals surface area contributed by atoms with E-state index in [1.165, 1.54) is 25.3 Å². The Balaban J connectivity index is 1.81. The number of ether oxygens (including phenoxy) is 3. The molecule has 0 fully saturated rings. The number of rotatable bonds is 5. The van der Waals surface area contributed by atoms with E-state index >= 15 is 0 Å². The second-order valence-electron chi connectivity index (χ2n) is 5.73. The molecular weight excluding hydrogens is 396 g/mol. The summed E-state index contributed by atoms with van der Waals surface area (Å²) in [7, 11) is -2.51. The van der Waals surface area contributed by atoms with Crippen molar-refractivity contribution in [3.63, 3.8) is 0 Å². The van der Waals surface area contributed by atoms with Crippen LogP contribution in [0.3, 0.4) is 0 Å². The first-order valence-corrected chi connectivity index (χ1v) is 9.79. The van der Waals surface area contributed by atoms with Crippen molar-refractivity contribution < 1.29 is 27.4 Å². The molecule has 1 aliphatic heterocycles. The molecule has 0 aliphatic carbocycles. The summed E-state index contributed by atoms with van der Waals surface area (Å²) in [4.78, 5) is 12.3. The van der Waals surface area contributed by atoms with Crippen LogP contribution >= 0.6 is 11.6 Å². The standard InChI is InChI=1S/C17H17ClN2O6S/c1-24-14-3-2-11(27(19,22)23)9-13(14)20-16(21)8-10-6-12(18)17-15(7-10)25-4-5-26-17/h2-3,6-7,9H,4-5,8H2,1H3,(H,20,21)(H2,19,22,23). The van der Waals surface area contributed by atoms with Crippen LogP contribution in [0.5, 0.6) is 17.2 Å². The van der Waals surface area contributed by atoms with Crippen molar-refractivity contribution in [1.29, 1.82) is 0 Å². The molecule has 0 aromatic heterocycles. The molecule has 3 rings (SSSR count). The van der Waals surface area contributed by atoms with Crippen LogP contribution in [0.15, 0.2) is 35.2 Å². The first-order chi connectivity index (χ1) is 12.8. The molecule has 0 saturated heterocycles. The SMILES string of the molecule is COc1ccc(S(N)(=O)=O)cc1NC(=O)Cc1cc(Cl)c2c(c1)OCCO2. The molecule has 144 valence electrons. The van der Waals surface area contributed by atoms with Gasteiger partial charge in [-0.3, -0.25) is 4.79 Å². The number of hydrogen-bond donors (Lipinski definition) is 2. The van der Waals surface area contributed by atoms with Crippen LogP contribution in [-0.4, -0.2) is 34.6 Å². The number of nitrogens with one attached hydrogen (secondary N) is 1. The second kappa shape index (κ2) is 7.63. The number of anilines is 1. The summed E-state index contributed by atoms with van der Waals surface area (Å²) < 4.78 is 39.1. The predicted molar refractivity (Wildman–Crippen MR) is 99.1 cm³/mol. The zero-order valence-corrected chi connectivity index (χ0v) is 15.9. The maximum atomic E-state index is 12.4. The summed E-state index contributed by atoms with van der Waals surface area (Å²) in [6.07, 6.45) is -0.0148. The highest BCUT2D eigenvalue weighted by atomic mass is 35.5. The summed E-state index contributed by atoms with van der Waals surface area (Å²) >= 11 is 6.17. The largest absolute Gasteiger partial charge is 0.495 e. The summed E-state index contributed by atoms with van der Waals surface area (Å²) in [5, 5.41) is 8.10. The second-order valence-corrected chi connectivity index (χ2v) is 7.70. The number of nitrogens with two attached hydrogens (primary N) is 1. The van der Waals surface area contributed by atoms with Crippen LogP contribution in [0.4, 0.5) is 5.69 Å². The highest BCUT2D eigenvalue weighted by Gasteiger charge is 2.19. The van der Waals surface area contributed by atoms with Crippen LogP contribution in [0.25, 0.3) is 0 Å². The van der Waals surface area contributed by atoms with Gasteiger partial charge in [-0.25, -0.2) is 13.6 Å². The highest BCUT2D eigenvalue weighted by Crippen LogP contribution is 2.38. The highest BCUT2D eigenvalue weighted by molar-refractivity contribution is 7.89. The van der Waals surface area contributed by atoms with E-state index in [0.29, 0.717) is 41.0 Å². The Bertz CT molecular complexity index is 993. The van der Waals surface area contributed by atoms with Gasteiger partial charge in [0.15, 0.2) is 11.5 Å². The van der Waals surface area contributed by atoms with Crippen molar-refractivity contribution in [2.24, 2.45) is 5.14 Å². The number of primary sulfonamides is 1. The number of amides is 1. The molecule has 0 unspecified atom stereocenters. The van der Waals surface area contributed by atoms with E-state index in [0.717, 1.165) is 0 Å². The monoisotopic (exact) mass is 412 g/mol. The molecule has 0 atom stereocenters. The number of hydrogen-bond acceptors (Lipinski definition) is 6. The van der Waals surface area contributed by atoms with Gasteiger partial charge in [0.05, 0.1) is 29.1 Å². The van der Waals surface area contributed by atoms with Gasteiger partial charge in [0, 0.05) is 0 Å². The maximum Gasteiger partial charge on any atom is 0.238 e. The third kappa shape index (κ3) is 4.44. The molecule has 0 spiro atoms. The van der Waals surface area contributed by atoms with Crippen molar-refractivity contribution >= 4 is 33.2 Å². The minimum atomic E-state index is -3.92. The fourth-order valence-electron chi connectivity index (χ4n) is 2.61. The molecule has 0 saturated carbocycles. The lowest BCUT2D eigenvalue weighted by atomic mass is 10.1. The zero-order valence-electron chi connectivity index (χ0n) is 14.3. The average molecular weight is 413 g/mol. The molecule has 2 aromatic rings. The van der Waals surface area contributed by atoms with Crippen LogP contribution in [0, 0.1) is 0 Å². The van der Waals surface area contributed by atoms with Crippen LogP contribution in [0.2, 0.25) is 5.02 Å². The Labute approximate surface area is 161 Å². The smallest absolute Gasteiger partial charge is 0.238 e. The van der Waals surface area contributed by atoms with Gasteiger partial charge in [0.25, 0.3) is 0 Å². The van der Waals surface area contributed by atoms with Gasteiger partial charge in [-0.1, -0.05) is 11.6 Å². The number of fused-ring (bicyclic) bond motifs is 1. The minimum Gasteiger partial charge on any atom is -0.495 e. The third-order valence-corrected chi connectivity index (χ3v) is 4.99. The van der Waals surface area contributed by atoms with Gasteiger partial charge >= 0.3 is 0 Å². The fourth-order valence-corrected chi connectivity index (χ4v) is 3.44. The maximum absolute atomic E-state index is 12.4. The van der Waals surface area contributed by atoms with Gasteiger partial charge in [-0.2, -0.15) is 0 Å². The lowest BCUT2D eigenvalue weighted by Crippen LogP contribution is -2.18. The van der Waals surface area contributed by atoms with Crippen molar-refractivity contribution in [3.05, 3.63) is 40.9 Å². The Kier molecular flexibility index (Phi) is 5.45. The summed E-state index contributed by atoms with van der Waals surface area (Å²) in [6, 6.07) is 7.24. The van der Waals surface area contributed by atoms with Crippen LogP contribution < -0.4 is 24.7 Å². The van der Waals surface area contributed by atoms with Crippen molar-refractivity contribution in [2.45, 2.75) is 11.3 Å². The number of benzene rings is 2. The number of halogens is 1. The number of sulfonamides is 1. The molecule has 1 heterocycles. The Hall–Kier alpha value is -2.49. The molecule has 0 radical (unpaired) electrons. The van der Waals surface area contributed by atoms with E-state index < -0.39 is 15.9 Å². The van der Waals surface area contributed by atoms with Crippen LogP contribution in [-0.2, 0) is 21.2 Å². The first kappa shape index (κ1) is 19.3. The third-order valence-electron chi connectivity index (χ3n) is 3.79. The molecule has 0 bridgehead atoms. The predicted octanol–water partition coefficient (Wildman–Crippen LogP) is 1.95. The van der Waals surface area contributed by atoms with Gasteiger partial charge in [0.2, 0.25) is 15.9 Å². The van der Waals surface area contributed by atoms with E-state index in [4.69, 9.17) is 31.0 Å². The van der Waals surface area contributed by atoms with Crippen molar-refractivity contribution in [3.8, 4) is 17.2 Å². The van der Waals surface area contributed by atoms with Gasteiger partial charge in [-0.05, 0) is 35.9 Å². The normalized spacial score (nSPS) is 13.1. The molecule has 1 amide bonds. The van der Waals surface area contributed by atoms with Crippen molar-refractivity contribution in [1.82, 2.24) is 0 Å². The van der Waals surface area contributed by atoms with E-state index in [2.05, 4.69) is 5.32 Å².